The average Bonchev–Trinajstić information content (AvgIpc) is 3.13. The molecule has 0 atom stereocenters. The summed E-state index contributed by atoms with van der Waals surface area (Å²) in [5.74, 6) is -0.0806. The van der Waals surface area contributed by atoms with Gasteiger partial charge in [0.2, 0.25) is 10.0 Å². The van der Waals surface area contributed by atoms with Crippen LogP contribution in [0.25, 0.3) is 0 Å². The molecule has 24 heavy (non-hydrogen) atoms. The third kappa shape index (κ3) is 3.85. The Morgan fingerprint density at radius 1 is 1.17 bits per heavy atom. The molecule has 2 aromatic rings. The van der Waals surface area contributed by atoms with E-state index in [1.165, 1.54) is 16.1 Å². The number of benzene rings is 1. The van der Waals surface area contributed by atoms with Crippen molar-refractivity contribution in [1.82, 2.24) is 9.62 Å². The molecule has 0 radical (unpaired) electrons. The number of furan rings is 1. The van der Waals surface area contributed by atoms with E-state index in [-0.39, 0.29) is 17.4 Å². The van der Waals surface area contributed by atoms with E-state index in [1.807, 2.05) is 24.3 Å². The monoisotopic (exact) mass is 348 g/mol. The zero-order chi connectivity index (χ0) is 17.0. The number of amides is 1. The van der Waals surface area contributed by atoms with Crippen LogP contribution in [0.5, 0.6) is 0 Å². The summed E-state index contributed by atoms with van der Waals surface area (Å²) in [5, 5.41) is 2.66. The van der Waals surface area contributed by atoms with Gasteiger partial charge in [-0.1, -0.05) is 24.3 Å². The van der Waals surface area contributed by atoms with Crippen LogP contribution in [0.3, 0.4) is 0 Å². The summed E-state index contributed by atoms with van der Waals surface area (Å²) >= 11 is 0. The quantitative estimate of drug-likeness (QED) is 0.807. The predicted molar refractivity (Wildman–Crippen MR) is 90.0 cm³/mol. The summed E-state index contributed by atoms with van der Waals surface area (Å²) in [6.07, 6.45) is 2.53. The highest BCUT2D eigenvalue weighted by molar-refractivity contribution is 7.89. The number of carbonyl (C=O) groups is 1. The van der Waals surface area contributed by atoms with Gasteiger partial charge >= 0.3 is 0 Å². The molecule has 0 bridgehead atoms. The summed E-state index contributed by atoms with van der Waals surface area (Å²) in [5.41, 5.74) is 2.29. The Hall–Kier alpha value is -2.12. The molecule has 0 fully saturated rings. The number of rotatable bonds is 6. The summed E-state index contributed by atoms with van der Waals surface area (Å²) < 4.78 is 31.4. The van der Waals surface area contributed by atoms with Crippen LogP contribution in [-0.2, 0) is 23.0 Å². The molecule has 1 aliphatic rings. The van der Waals surface area contributed by atoms with Crippen molar-refractivity contribution in [2.75, 3.05) is 18.8 Å². The Morgan fingerprint density at radius 2 is 1.96 bits per heavy atom. The van der Waals surface area contributed by atoms with E-state index in [0.29, 0.717) is 26.1 Å². The lowest BCUT2D eigenvalue weighted by Gasteiger charge is -2.28. The van der Waals surface area contributed by atoms with Gasteiger partial charge in [0.15, 0.2) is 5.76 Å². The van der Waals surface area contributed by atoms with Crippen LogP contribution >= 0.6 is 0 Å². The minimum Gasteiger partial charge on any atom is -0.459 e. The number of carbonyl (C=O) groups excluding carboxylic acids is 1. The molecule has 0 spiro atoms. The smallest absolute Gasteiger partial charge is 0.286 e. The van der Waals surface area contributed by atoms with Gasteiger partial charge in [-0.2, -0.15) is 4.31 Å². The summed E-state index contributed by atoms with van der Waals surface area (Å²) in [6, 6.07) is 11.1. The lowest BCUT2D eigenvalue weighted by atomic mass is 10.0. The van der Waals surface area contributed by atoms with E-state index in [4.69, 9.17) is 4.42 Å². The maximum atomic E-state index is 12.5. The molecule has 0 unspecified atom stereocenters. The number of nitrogens with zero attached hydrogens (tertiary/aromatic N) is 1. The molecule has 1 N–H and O–H groups in total. The highest BCUT2D eigenvalue weighted by atomic mass is 32.2. The minimum absolute atomic E-state index is 0.0214. The van der Waals surface area contributed by atoms with Crippen molar-refractivity contribution in [3.05, 3.63) is 59.5 Å². The fourth-order valence-corrected chi connectivity index (χ4v) is 4.26. The van der Waals surface area contributed by atoms with E-state index >= 15 is 0 Å². The molecule has 0 aliphatic carbocycles. The Balaban J connectivity index is 1.49. The van der Waals surface area contributed by atoms with Crippen molar-refractivity contribution in [3.8, 4) is 0 Å². The van der Waals surface area contributed by atoms with Gasteiger partial charge in [0.05, 0.1) is 12.0 Å². The Kier molecular flexibility index (Phi) is 5.01. The number of nitrogens with one attached hydrogen (secondary N) is 1. The minimum atomic E-state index is -3.32. The number of sulfonamides is 1. The standard InChI is InChI=1S/C17H20N2O4S/c20-17(16-7-3-11-23-16)18-9-4-12-24(21,22)19-10-8-14-5-1-2-6-15(14)13-19/h1-3,5-7,11H,4,8-10,12-13H2,(H,18,20). The van der Waals surface area contributed by atoms with Gasteiger partial charge in [0, 0.05) is 19.6 Å². The van der Waals surface area contributed by atoms with Crippen LogP contribution < -0.4 is 5.32 Å². The van der Waals surface area contributed by atoms with Crippen molar-refractivity contribution in [3.63, 3.8) is 0 Å². The van der Waals surface area contributed by atoms with Gasteiger partial charge in [-0.15, -0.1) is 0 Å². The summed E-state index contributed by atoms with van der Waals surface area (Å²) in [7, 11) is -3.32. The number of hydrogen-bond donors (Lipinski definition) is 1. The largest absolute Gasteiger partial charge is 0.459 e. The first-order chi connectivity index (χ1) is 11.6. The SMILES string of the molecule is O=C(NCCCS(=O)(=O)N1CCc2ccccc2C1)c1ccco1. The third-order valence-electron chi connectivity index (χ3n) is 4.10. The van der Waals surface area contributed by atoms with Crippen LogP contribution in [-0.4, -0.2) is 37.5 Å². The first-order valence-electron chi connectivity index (χ1n) is 7.92. The number of fused-ring (bicyclic) bond motifs is 1. The molecule has 7 heteroatoms. The normalized spacial score (nSPS) is 15.0. The maximum absolute atomic E-state index is 12.5. The van der Waals surface area contributed by atoms with Crippen LogP contribution in [0.4, 0.5) is 0 Å². The highest BCUT2D eigenvalue weighted by Crippen LogP contribution is 2.21. The summed E-state index contributed by atoms with van der Waals surface area (Å²) in [4.78, 5) is 11.7. The van der Waals surface area contributed by atoms with E-state index in [9.17, 15) is 13.2 Å². The van der Waals surface area contributed by atoms with Crippen LogP contribution in [0.15, 0.2) is 47.1 Å². The first kappa shape index (κ1) is 16.7. The second-order valence-corrected chi connectivity index (χ2v) is 7.84. The Labute approximate surface area is 141 Å². The van der Waals surface area contributed by atoms with E-state index in [1.54, 1.807) is 12.1 Å². The second kappa shape index (κ2) is 7.19. The molecule has 0 saturated heterocycles. The molecule has 2 heterocycles. The van der Waals surface area contributed by atoms with Gasteiger partial charge < -0.3 is 9.73 Å². The topological polar surface area (TPSA) is 79.6 Å². The molecule has 0 saturated carbocycles. The molecule has 1 amide bonds. The van der Waals surface area contributed by atoms with Gasteiger partial charge in [0.1, 0.15) is 0 Å². The van der Waals surface area contributed by atoms with Gasteiger partial charge in [0.25, 0.3) is 5.91 Å². The van der Waals surface area contributed by atoms with Gasteiger partial charge in [-0.25, -0.2) is 8.42 Å². The summed E-state index contributed by atoms with van der Waals surface area (Å²) in [6.45, 7) is 1.23. The van der Waals surface area contributed by atoms with Crippen molar-refractivity contribution in [2.24, 2.45) is 0 Å². The lowest BCUT2D eigenvalue weighted by Crippen LogP contribution is -2.38. The van der Waals surface area contributed by atoms with Crippen molar-refractivity contribution in [1.29, 1.82) is 0 Å². The first-order valence-corrected chi connectivity index (χ1v) is 9.53. The van der Waals surface area contributed by atoms with Crippen molar-refractivity contribution >= 4 is 15.9 Å². The van der Waals surface area contributed by atoms with Crippen LogP contribution in [0, 0.1) is 0 Å². The van der Waals surface area contributed by atoms with E-state index < -0.39 is 10.0 Å². The molecule has 128 valence electrons. The molecular weight excluding hydrogens is 328 g/mol. The van der Waals surface area contributed by atoms with Crippen molar-refractivity contribution < 1.29 is 17.6 Å². The second-order valence-electron chi connectivity index (χ2n) is 5.76. The lowest BCUT2D eigenvalue weighted by molar-refractivity contribution is 0.0926. The average molecular weight is 348 g/mol. The van der Waals surface area contributed by atoms with E-state index in [2.05, 4.69) is 5.32 Å². The Morgan fingerprint density at radius 3 is 2.71 bits per heavy atom. The zero-order valence-corrected chi connectivity index (χ0v) is 14.1. The zero-order valence-electron chi connectivity index (χ0n) is 13.3. The molecule has 1 aromatic carbocycles. The van der Waals surface area contributed by atoms with Crippen LogP contribution in [0.2, 0.25) is 0 Å². The molecule has 1 aromatic heterocycles. The highest BCUT2D eigenvalue weighted by Gasteiger charge is 2.26. The molecule has 3 rings (SSSR count). The predicted octanol–water partition coefficient (Wildman–Crippen LogP) is 1.79. The number of hydrogen-bond acceptors (Lipinski definition) is 4. The third-order valence-corrected chi connectivity index (χ3v) is 6.00. The van der Waals surface area contributed by atoms with Gasteiger partial charge in [-0.3, -0.25) is 4.79 Å². The molecule has 1 aliphatic heterocycles. The van der Waals surface area contributed by atoms with Gasteiger partial charge in [-0.05, 0) is 36.1 Å². The maximum Gasteiger partial charge on any atom is 0.286 e. The van der Waals surface area contributed by atoms with Crippen LogP contribution in [0.1, 0.15) is 28.1 Å². The fourth-order valence-electron chi connectivity index (χ4n) is 2.79. The fraction of sp³-hybridized carbons (Fsp3) is 0.353. The van der Waals surface area contributed by atoms with E-state index in [0.717, 1.165) is 12.0 Å². The molecular formula is C17H20N2O4S. The molecule has 6 nitrogen and oxygen atoms in total. The van der Waals surface area contributed by atoms with Crippen molar-refractivity contribution in [2.45, 2.75) is 19.4 Å². The Bertz CT molecular complexity index is 800.